The largest absolute Gasteiger partial charge is 0.366 e. The van der Waals surface area contributed by atoms with Crippen LogP contribution in [0.5, 0.6) is 0 Å². The van der Waals surface area contributed by atoms with Gasteiger partial charge in [-0.3, -0.25) is 14.7 Å². The highest BCUT2D eigenvalue weighted by Crippen LogP contribution is 2.24. The number of carbonyl (C=O) groups excluding carboxylic acids is 2. The molecule has 0 aliphatic heterocycles. The highest BCUT2D eigenvalue weighted by Gasteiger charge is 2.14. The fraction of sp³-hybridized carbons (Fsp3) is 0. The minimum atomic E-state index is -0.600. The van der Waals surface area contributed by atoms with E-state index in [9.17, 15) is 9.59 Å². The third-order valence-electron chi connectivity index (χ3n) is 3.06. The molecule has 22 heavy (non-hydrogen) atoms. The molecule has 0 spiro atoms. The van der Waals surface area contributed by atoms with Gasteiger partial charge in [0.1, 0.15) is 12.0 Å². The number of nitrogens with one attached hydrogen (secondary N) is 3. The van der Waals surface area contributed by atoms with Gasteiger partial charge in [-0.25, -0.2) is 4.98 Å². The summed E-state index contributed by atoms with van der Waals surface area (Å²) in [6.45, 7) is 0. The smallest absolute Gasteiger partial charge is 0.272 e. The van der Waals surface area contributed by atoms with E-state index in [0.717, 1.165) is 0 Å². The van der Waals surface area contributed by atoms with Gasteiger partial charge in [-0.2, -0.15) is 5.10 Å². The molecule has 8 nitrogen and oxygen atoms in total. The zero-order valence-electron chi connectivity index (χ0n) is 11.3. The van der Waals surface area contributed by atoms with Crippen LogP contribution in [0.2, 0.25) is 0 Å². The second kappa shape index (κ2) is 5.52. The molecule has 110 valence electrons. The van der Waals surface area contributed by atoms with Gasteiger partial charge in [-0.1, -0.05) is 12.1 Å². The summed E-state index contributed by atoms with van der Waals surface area (Å²) < 4.78 is 0. The number of para-hydroxylation sites is 1. The maximum absolute atomic E-state index is 12.2. The van der Waals surface area contributed by atoms with Crippen molar-refractivity contribution in [3.8, 4) is 11.4 Å². The van der Waals surface area contributed by atoms with E-state index in [2.05, 4.69) is 25.5 Å². The van der Waals surface area contributed by atoms with E-state index in [0.29, 0.717) is 17.1 Å². The summed E-state index contributed by atoms with van der Waals surface area (Å²) in [7, 11) is 0. The number of aromatic amines is 2. The Morgan fingerprint density at radius 2 is 2.05 bits per heavy atom. The van der Waals surface area contributed by atoms with Gasteiger partial charge in [0.2, 0.25) is 5.91 Å². The molecular formula is C14H12N6O2. The molecule has 5 N–H and O–H groups in total. The number of hydrogen-bond donors (Lipinski definition) is 4. The van der Waals surface area contributed by atoms with E-state index in [4.69, 9.17) is 5.73 Å². The minimum Gasteiger partial charge on any atom is -0.366 e. The van der Waals surface area contributed by atoms with E-state index in [1.165, 1.54) is 18.6 Å². The van der Waals surface area contributed by atoms with Gasteiger partial charge in [0.05, 0.1) is 11.3 Å². The summed E-state index contributed by atoms with van der Waals surface area (Å²) in [6, 6.07) is 8.56. The van der Waals surface area contributed by atoms with Gasteiger partial charge in [-0.05, 0) is 18.2 Å². The van der Waals surface area contributed by atoms with E-state index < -0.39 is 5.91 Å². The molecule has 0 fully saturated rings. The lowest BCUT2D eigenvalue weighted by Gasteiger charge is -2.08. The predicted octanol–water partition coefficient (Wildman–Crippen LogP) is 1.15. The molecule has 3 rings (SSSR count). The zero-order valence-corrected chi connectivity index (χ0v) is 11.3. The summed E-state index contributed by atoms with van der Waals surface area (Å²) in [5.74, 6) is -0.447. The lowest BCUT2D eigenvalue weighted by Crippen LogP contribution is -2.13. The normalized spacial score (nSPS) is 10.4. The Labute approximate surface area is 124 Å². The Balaban J connectivity index is 1.87. The molecule has 0 atom stereocenters. The van der Waals surface area contributed by atoms with Crippen LogP contribution >= 0.6 is 0 Å². The molecule has 2 amide bonds. The Kier molecular flexibility index (Phi) is 3.40. The molecule has 8 heteroatoms. The molecule has 0 saturated carbocycles. The van der Waals surface area contributed by atoms with Crippen LogP contribution in [0.25, 0.3) is 11.4 Å². The fourth-order valence-corrected chi connectivity index (χ4v) is 1.99. The van der Waals surface area contributed by atoms with Gasteiger partial charge in [-0.15, -0.1) is 0 Å². The summed E-state index contributed by atoms with van der Waals surface area (Å²) in [5, 5.41) is 9.30. The number of nitrogens with two attached hydrogens (primary N) is 1. The number of primary amides is 1. The van der Waals surface area contributed by atoms with E-state index >= 15 is 0 Å². The second-order valence-corrected chi connectivity index (χ2v) is 4.50. The van der Waals surface area contributed by atoms with Crippen LogP contribution in [0.4, 0.5) is 5.69 Å². The van der Waals surface area contributed by atoms with Crippen molar-refractivity contribution in [2.75, 3.05) is 5.32 Å². The van der Waals surface area contributed by atoms with E-state index in [1.807, 2.05) is 6.07 Å². The predicted molar refractivity (Wildman–Crippen MR) is 79.1 cm³/mol. The molecule has 0 aliphatic rings. The highest BCUT2D eigenvalue weighted by molar-refractivity contribution is 6.06. The van der Waals surface area contributed by atoms with Gasteiger partial charge < -0.3 is 16.0 Å². The maximum Gasteiger partial charge on any atom is 0.272 e. The zero-order chi connectivity index (χ0) is 15.5. The van der Waals surface area contributed by atoms with Crippen LogP contribution in [-0.2, 0) is 0 Å². The first-order valence-corrected chi connectivity index (χ1v) is 6.39. The SMILES string of the molecule is NC(=O)c1c[nH]c(C(=O)Nc2ccccc2-c2ncn[nH]2)c1. The number of aromatic nitrogens is 4. The quantitative estimate of drug-likeness (QED) is 0.575. The molecule has 2 aromatic heterocycles. The van der Waals surface area contributed by atoms with Crippen molar-refractivity contribution in [3.63, 3.8) is 0 Å². The van der Waals surface area contributed by atoms with Crippen molar-refractivity contribution in [2.24, 2.45) is 5.73 Å². The molecule has 1 aromatic carbocycles. The molecule has 0 bridgehead atoms. The van der Waals surface area contributed by atoms with Crippen molar-refractivity contribution in [1.82, 2.24) is 20.2 Å². The summed E-state index contributed by atoms with van der Waals surface area (Å²) in [6.07, 6.45) is 2.78. The second-order valence-electron chi connectivity index (χ2n) is 4.50. The van der Waals surface area contributed by atoms with Crippen LogP contribution in [-0.4, -0.2) is 32.0 Å². The molecule has 0 unspecified atom stereocenters. The molecule has 0 aliphatic carbocycles. The minimum absolute atomic E-state index is 0.237. The first kappa shape index (κ1) is 13.6. The van der Waals surface area contributed by atoms with Crippen molar-refractivity contribution in [2.45, 2.75) is 0 Å². The average molecular weight is 296 g/mol. The fourth-order valence-electron chi connectivity index (χ4n) is 1.99. The Hall–Kier alpha value is -3.42. The lowest BCUT2D eigenvalue weighted by atomic mass is 10.1. The van der Waals surface area contributed by atoms with Crippen molar-refractivity contribution < 1.29 is 9.59 Å². The van der Waals surface area contributed by atoms with Crippen LogP contribution in [0.1, 0.15) is 20.8 Å². The molecule has 3 aromatic rings. The van der Waals surface area contributed by atoms with Crippen LogP contribution < -0.4 is 11.1 Å². The van der Waals surface area contributed by atoms with Crippen molar-refractivity contribution in [1.29, 1.82) is 0 Å². The third kappa shape index (κ3) is 2.57. The summed E-state index contributed by atoms with van der Waals surface area (Å²) >= 11 is 0. The summed E-state index contributed by atoms with van der Waals surface area (Å²) in [4.78, 5) is 30.1. The number of hydrogen-bond acceptors (Lipinski definition) is 4. The molecule has 2 heterocycles. The first-order valence-electron chi connectivity index (χ1n) is 6.39. The van der Waals surface area contributed by atoms with E-state index in [-0.39, 0.29) is 17.2 Å². The summed E-state index contributed by atoms with van der Waals surface area (Å²) in [5.41, 5.74) is 6.91. The van der Waals surface area contributed by atoms with Crippen molar-refractivity contribution >= 4 is 17.5 Å². The van der Waals surface area contributed by atoms with Crippen molar-refractivity contribution in [3.05, 3.63) is 54.1 Å². The van der Waals surface area contributed by atoms with Gasteiger partial charge in [0.15, 0.2) is 5.82 Å². The maximum atomic E-state index is 12.2. The van der Waals surface area contributed by atoms with Gasteiger partial charge in [0.25, 0.3) is 5.91 Å². The molecule has 0 radical (unpaired) electrons. The van der Waals surface area contributed by atoms with Gasteiger partial charge in [0, 0.05) is 11.8 Å². The van der Waals surface area contributed by atoms with Gasteiger partial charge >= 0.3 is 0 Å². The van der Waals surface area contributed by atoms with Crippen LogP contribution in [0.15, 0.2) is 42.9 Å². The molecule has 0 saturated heterocycles. The topological polar surface area (TPSA) is 130 Å². The number of rotatable bonds is 4. The number of amides is 2. The number of carbonyl (C=O) groups is 2. The Morgan fingerprint density at radius 3 is 2.73 bits per heavy atom. The molecular weight excluding hydrogens is 284 g/mol. The van der Waals surface area contributed by atoms with Crippen LogP contribution in [0, 0.1) is 0 Å². The average Bonchev–Trinajstić information content (AvgIpc) is 3.19. The number of H-pyrrole nitrogens is 2. The highest BCUT2D eigenvalue weighted by atomic mass is 16.2. The lowest BCUT2D eigenvalue weighted by molar-refractivity contribution is 0.0999. The van der Waals surface area contributed by atoms with E-state index in [1.54, 1.807) is 18.2 Å². The Morgan fingerprint density at radius 1 is 1.23 bits per heavy atom. The monoisotopic (exact) mass is 296 g/mol. The number of anilines is 1. The standard InChI is InChI=1S/C14H12N6O2/c15-12(21)8-5-11(16-6-8)14(22)19-10-4-2-1-3-9(10)13-17-7-18-20-13/h1-7,16H,(H2,15,21)(H,19,22)(H,17,18,20). The van der Waals surface area contributed by atoms with Crippen LogP contribution in [0.3, 0.4) is 0 Å². The third-order valence-corrected chi connectivity index (χ3v) is 3.06. The Bertz CT molecular complexity index is 821. The number of benzene rings is 1. The number of nitrogens with zero attached hydrogens (tertiary/aromatic N) is 2. The first-order chi connectivity index (χ1) is 10.6.